The molecule has 1 atom stereocenters. The SMILES string of the molecule is CCN(CC)CC(O)CS(=O)(=O)[O-].[Na+]. The Labute approximate surface area is 108 Å². The Morgan fingerprint density at radius 2 is 1.79 bits per heavy atom. The van der Waals surface area contributed by atoms with Crippen LogP contribution < -0.4 is 29.6 Å². The van der Waals surface area contributed by atoms with Crippen molar-refractivity contribution in [3.63, 3.8) is 0 Å². The Morgan fingerprint density at radius 1 is 1.36 bits per heavy atom. The smallest absolute Gasteiger partial charge is 0.748 e. The average molecular weight is 233 g/mol. The van der Waals surface area contributed by atoms with Gasteiger partial charge in [0.1, 0.15) is 0 Å². The summed E-state index contributed by atoms with van der Waals surface area (Å²) < 4.78 is 30.8. The Bertz CT molecular complexity index is 228. The fourth-order valence-corrected chi connectivity index (χ4v) is 1.64. The van der Waals surface area contributed by atoms with Crippen LogP contribution in [0, 0.1) is 0 Å². The van der Waals surface area contributed by atoms with Gasteiger partial charge in [-0.2, -0.15) is 0 Å². The summed E-state index contributed by atoms with van der Waals surface area (Å²) in [5.41, 5.74) is 0. The molecule has 0 bridgehead atoms. The maximum absolute atomic E-state index is 10.3. The van der Waals surface area contributed by atoms with Gasteiger partial charge < -0.3 is 14.6 Å². The molecule has 0 aromatic rings. The van der Waals surface area contributed by atoms with E-state index in [1.165, 1.54) is 0 Å². The zero-order valence-corrected chi connectivity index (χ0v) is 11.7. The fourth-order valence-electron chi connectivity index (χ4n) is 1.07. The molecule has 1 unspecified atom stereocenters. The topological polar surface area (TPSA) is 80.7 Å². The molecular weight excluding hydrogens is 217 g/mol. The molecule has 0 saturated carbocycles. The molecule has 0 amide bonds. The number of nitrogens with zero attached hydrogens (tertiary/aromatic N) is 1. The molecule has 0 spiro atoms. The van der Waals surface area contributed by atoms with E-state index >= 15 is 0 Å². The normalized spacial score (nSPS) is 13.8. The predicted molar refractivity (Wildman–Crippen MR) is 48.4 cm³/mol. The molecule has 7 heteroatoms. The molecule has 0 fully saturated rings. The number of rotatable bonds is 6. The third kappa shape index (κ3) is 9.39. The van der Waals surface area contributed by atoms with Crippen molar-refractivity contribution >= 4 is 10.1 Å². The first-order valence-corrected chi connectivity index (χ1v) is 5.80. The van der Waals surface area contributed by atoms with Crippen molar-refractivity contribution in [3.05, 3.63) is 0 Å². The Kier molecular flexibility index (Phi) is 9.89. The molecule has 80 valence electrons. The van der Waals surface area contributed by atoms with E-state index in [9.17, 15) is 18.1 Å². The van der Waals surface area contributed by atoms with E-state index in [0.29, 0.717) is 0 Å². The van der Waals surface area contributed by atoms with Crippen LogP contribution in [0.3, 0.4) is 0 Å². The second kappa shape index (κ2) is 8.04. The Balaban J connectivity index is 0. The van der Waals surface area contributed by atoms with Crippen LogP contribution in [-0.4, -0.2) is 54.5 Å². The van der Waals surface area contributed by atoms with Crippen LogP contribution in [-0.2, 0) is 10.1 Å². The summed E-state index contributed by atoms with van der Waals surface area (Å²) in [4.78, 5) is 1.86. The average Bonchev–Trinajstić information content (AvgIpc) is 1.96. The standard InChI is InChI=1S/C7H17NO4S.Na/c1-3-8(4-2)5-7(9)6-13(10,11)12;/h7,9H,3-6H2,1-2H3,(H,10,11,12);/q;+1/p-1. The van der Waals surface area contributed by atoms with Crippen molar-refractivity contribution < 1.29 is 47.6 Å². The summed E-state index contributed by atoms with van der Waals surface area (Å²) in [7, 11) is -4.31. The molecule has 0 radical (unpaired) electrons. The zero-order valence-electron chi connectivity index (χ0n) is 8.93. The van der Waals surface area contributed by atoms with Crippen molar-refractivity contribution in [2.75, 3.05) is 25.4 Å². The van der Waals surface area contributed by atoms with E-state index in [0.717, 1.165) is 13.1 Å². The predicted octanol–water partition coefficient (Wildman–Crippen LogP) is -3.76. The quantitative estimate of drug-likeness (QED) is 0.376. The summed E-state index contributed by atoms with van der Waals surface area (Å²) in [6.07, 6.45) is -1.08. The molecule has 0 aliphatic heterocycles. The second-order valence-corrected chi connectivity index (χ2v) is 4.31. The van der Waals surface area contributed by atoms with Gasteiger partial charge in [-0.1, -0.05) is 13.8 Å². The van der Waals surface area contributed by atoms with E-state index in [2.05, 4.69) is 0 Å². The van der Waals surface area contributed by atoms with Crippen LogP contribution in [0.1, 0.15) is 13.8 Å². The first kappa shape index (κ1) is 17.2. The first-order valence-electron chi connectivity index (χ1n) is 4.23. The fraction of sp³-hybridized carbons (Fsp3) is 1.00. The van der Waals surface area contributed by atoms with E-state index in [1.807, 2.05) is 18.7 Å². The second-order valence-electron chi connectivity index (χ2n) is 2.86. The molecular formula is C7H16NNaO4S. The molecule has 0 aliphatic carbocycles. The van der Waals surface area contributed by atoms with Gasteiger partial charge in [0.2, 0.25) is 0 Å². The molecule has 1 N–H and O–H groups in total. The summed E-state index contributed by atoms with van der Waals surface area (Å²) in [6.45, 7) is 5.50. The molecule has 0 rings (SSSR count). The van der Waals surface area contributed by atoms with Crippen LogP contribution >= 0.6 is 0 Å². The third-order valence-electron chi connectivity index (χ3n) is 1.76. The van der Waals surface area contributed by atoms with E-state index in [1.54, 1.807) is 0 Å². The molecule has 5 nitrogen and oxygen atoms in total. The first-order chi connectivity index (χ1) is 5.89. The van der Waals surface area contributed by atoms with Gasteiger partial charge >= 0.3 is 29.6 Å². The van der Waals surface area contributed by atoms with Crippen molar-refractivity contribution in [2.45, 2.75) is 20.0 Å². The van der Waals surface area contributed by atoms with E-state index < -0.39 is 22.0 Å². The van der Waals surface area contributed by atoms with Crippen LogP contribution in [0.25, 0.3) is 0 Å². The number of hydrogen-bond donors (Lipinski definition) is 1. The maximum Gasteiger partial charge on any atom is 1.00 e. The third-order valence-corrected chi connectivity index (χ3v) is 2.55. The Morgan fingerprint density at radius 3 is 2.07 bits per heavy atom. The van der Waals surface area contributed by atoms with Gasteiger partial charge in [0, 0.05) is 6.54 Å². The summed E-state index contributed by atoms with van der Waals surface area (Å²) in [5, 5.41) is 9.20. The van der Waals surface area contributed by atoms with Crippen molar-refractivity contribution in [2.24, 2.45) is 0 Å². The van der Waals surface area contributed by atoms with Crippen molar-refractivity contribution in [1.82, 2.24) is 4.90 Å². The summed E-state index contributed by atoms with van der Waals surface area (Å²) in [5.74, 6) is -0.705. The number of aliphatic hydroxyl groups excluding tert-OH is 1. The molecule has 0 aromatic carbocycles. The summed E-state index contributed by atoms with van der Waals surface area (Å²) in [6, 6.07) is 0. The van der Waals surface area contributed by atoms with Crippen LogP contribution in [0.15, 0.2) is 0 Å². The molecule has 14 heavy (non-hydrogen) atoms. The van der Waals surface area contributed by atoms with Crippen LogP contribution in [0.4, 0.5) is 0 Å². The van der Waals surface area contributed by atoms with Crippen LogP contribution in [0.2, 0.25) is 0 Å². The maximum atomic E-state index is 10.3. The van der Waals surface area contributed by atoms with Gasteiger partial charge in [-0.15, -0.1) is 0 Å². The minimum atomic E-state index is -4.31. The number of hydrogen-bond acceptors (Lipinski definition) is 5. The Hall–Kier alpha value is 0.830. The molecule has 0 aliphatic rings. The van der Waals surface area contributed by atoms with Gasteiger partial charge in [-0.05, 0) is 13.1 Å². The van der Waals surface area contributed by atoms with Gasteiger partial charge in [0.15, 0.2) is 0 Å². The van der Waals surface area contributed by atoms with Gasteiger partial charge in [0.25, 0.3) is 0 Å². The molecule has 0 saturated heterocycles. The molecule has 0 aromatic heterocycles. The van der Waals surface area contributed by atoms with Gasteiger partial charge in [-0.3, -0.25) is 0 Å². The zero-order chi connectivity index (χ0) is 10.5. The van der Waals surface area contributed by atoms with E-state index in [4.69, 9.17) is 0 Å². The van der Waals surface area contributed by atoms with Crippen molar-refractivity contribution in [1.29, 1.82) is 0 Å². The largest absolute Gasteiger partial charge is 1.00 e. The number of aliphatic hydroxyl groups is 1. The molecule has 0 heterocycles. The van der Waals surface area contributed by atoms with Crippen LogP contribution in [0.5, 0.6) is 0 Å². The van der Waals surface area contributed by atoms with Gasteiger partial charge in [-0.25, -0.2) is 8.42 Å². The number of likely N-dealkylation sites (N-methyl/N-ethyl adjacent to an activating group) is 1. The monoisotopic (exact) mass is 233 g/mol. The van der Waals surface area contributed by atoms with Gasteiger partial charge in [0.05, 0.1) is 22.0 Å². The minimum Gasteiger partial charge on any atom is -0.748 e. The summed E-state index contributed by atoms with van der Waals surface area (Å²) >= 11 is 0. The van der Waals surface area contributed by atoms with E-state index in [-0.39, 0.29) is 36.1 Å². The minimum absolute atomic E-state index is 0. The van der Waals surface area contributed by atoms with Crippen molar-refractivity contribution in [3.8, 4) is 0 Å².